The second kappa shape index (κ2) is 10.5. The molecular formula is C25H30FN3O3. The van der Waals surface area contributed by atoms with E-state index in [-0.39, 0.29) is 17.9 Å². The number of hydrogen-bond donors (Lipinski definition) is 2. The molecule has 2 fully saturated rings. The van der Waals surface area contributed by atoms with Gasteiger partial charge < -0.3 is 20.3 Å². The Labute approximate surface area is 188 Å². The Hall–Kier alpha value is -3.09. The Morgan fingerprint density at radius 2 is 1.81 bits per heavy atom. The summed E-state index contributed by atoms with van der Waals surface area (Å²) in [5.41, 5.74) is 1.06. The number of carbonyl (C=O) groups is 2. The first-order valence-electron chi connectivity index (χ1n) is 11.4. The minimum atomic E-state index is -0.401. The molecule has 4 rings (SSSR count). The van der Waals surface area contributed by atoms with Gasteiger partial charge in [0.1, 0.15) is 11.6 Å². The second-order valence-corrected chi connectivity index (χ2v) is 8.65. The summed E-state index contributed by atoms with van der Waals surface area (Å²) in [6.45, 7) is 1.77. The predicted molar refractivity (Wildman–Crippen MR) is 121 cm³/mol. The highest BCUT2D eigenvalue weighted by atomic mass is 19.1. The third-order valence-corrected chi connectivity index (χ3v) is 6.15. The Morgan fingerprint density at radius 1 is 1.03 bits per heavy atom. The van der Waals surface area contributed by atoms with E-state index in [1.165, 1.54) is 25.0 Å². The van der Waals surface area contributed by atoms with Gasteiger partial charge in [-0.2, -0.15) is 0 Å². The highest BCUT2D eigenvalue weighted by Crippen LogP contribution is 2.25. The molecule has 1 saturated carbocycles. The molecule has 6 nitrogen and oxygen atoms in total. The van der Waals surface area contributed by atoms with Crippen molar-refractivity contribution in [3.63, 3.8) is 0 Å². The lowest BCUT2D eigenvalue weighted by Gasteiger charge is -2.33. The van der Waals surface area contributed by atoms with Gasteiger partial charge in [0, 0.05) is 30.9 Å². The van der Waals surface area contributed by atoms with Crippen LogP contribution in [-0.4, -0.2) is 42.6 Å². The number of ether oxygens (including phenoxy) is 1. The third kappa shape index (κ3) is 5.99. The molecule has 7 heteroatoms. The largest absolute Gasteiger partial charge is 0.490 e. The first kappa shape index (κ1) is 22.1. The molecule has 0 radical (unpaired) electrons. The zero-order chi connectivity index (χ0) is 22.3. The molecule has 2 aliphatic rings. The van der Waals surface area contributed by atoms with Crippen LogP contribution in [0.25, 0.3) is 0 Å². The summed E-state index contributed by atoms with van der Waals surface area (Å²) >= 11 is 0. The van der Waals surface area contributed by atoms with Crippen LogP contribution in [0, 0.1) is 11.7 Å². The van der Waals surface area contributed by atoms with Crippen molar-refractivity contribution in [3.8, 4) is 5.75 Å². The van der Waals surface area contributed by atoms with E-state index < -0.39 is 5.82 Å². The van der Waals surface area contributed by atoms with Crippen LogP contribution in [0.2, 0.25) is 0 Å². The fourth-order valence-electron chi connectivity index (χ4n) is 4.45. The molecule has 1 aliphatic heterocycles. The average molecular weight is 440 g/mol. The highest BCUT2D eigenvalue weighted by molar-refractivity contribution is 5.94. The van der Waals surface area contributed by atoms with Gasteiger partial charge in [-0.1, -0.05) is 6.07 Å². The van der Waals surface area contributed by atoms with E-state index in [0.29, 0.717) is 37.0 Å². The summed E-state index contributed by atoms with van der Waals surface area (Å²) in [6, 6.07) is 12.8. The number of hydrogen-bond acceptors (Lipinski definition) is 3. The Balaban J connectivity index is 1.25. The molecule has 170 valence electrons. The summed E-state index contributed by atoms with van der Waals surface area (Å²) in [6.07, 6.45) is 6.78. The van der Waals surface area contributed by atoms with Crippen LogP contribution in [-0.2, 0) is 0 Å². The molecule has 0 bridgehead atoms. The highest BCUT2D eigenvalue weighted by Gasteiger charge is 2.25. The number of likely N-dealkylation sites (tertiary alicyclic amines) is 1. The molecule has 2 N–H and O–H groups in total. The van der Waals surface area contributed by atoms with Gasteiger partial charge in [-0.25, -0.2) is 9.18 Å². The maximum Gasteiger partial charge on any atom is 0.319 e. The number of nitrogens with one attached hydrogen (secondary N) is 2. The second-order valence-electron chi connectivity index (χ2n) is 8.65. The maximum atomic E-state index is 13.2. The van der Waals surface area contributed by atoms with Gasteiger partial charge in [0.25, 0.3) is 5.91 Å². The van der Waals surface area contributed by atoms with E-state index >= 15 is 0 Å². The van der Waals surface area contributed by atoms with E-state index in [1.54, 1.807) is 12.1 Å². The van der Waals surface area contributed by atoms with Crippen LogP contribution in [0.1, 0.15) is 48.9 Å². The lowest BCUT2D eigenvalue weighted by molar-refractivity contribution is 0.0675. The topological polar surface area (TPSA) is 70.7 Å². The standard InChI is InChI=1S/C25H30FN3O3/c26-20-6-3-7-21(15-20)28-25(31)27-16-18-5-4-14-29(17-18)24(30)19-10-12-23(13-11-19)32-22-8-1-2-9-22/h3,6-7,10-13,15,18,22H,1-2,4-5,8-9,14,16-17H2,(H2,27,28,31)/t18-/m0/s1. The number of amides is 3. The minimum absolute atomic E-state index is 0.00586. The normalized spacial score (nSPS) is 18.9. The monoisotopic (exact) mass is 439 g/mol. The van der Waals surface area contributed by atoms with Crippen molar-refractivity contribution in [2.75, 3.05) is 25.0 Å². The number of anilines is 1. The molecule has 2 aromatic rings. The third-order valence-electron chi connectivity index (χ3n) is 6.15. The van der Waals surface area contributed by atoms with Crippen LogP contribution in [0.15, 0.2) is 48.5 Å². The fraction of sp³-hybridized carbons (Fsp3) is 0.440. The number of halogens is 1. The van der Waals surface area contributed by atoms with E-state index in [9.17, 15) is 14.0 Å². The van der Waals surface area contributed by atoms with Crippen molar-refractivity contribution >= 4 is 17.6 Å². The zero-order valence-electron chi connectivity index (χ0n) is 18.2. The summed E-state index contributed by atoms with van der Waals surface area (Å²) in [5.74, 6) is 0.600. The minimum Gasteiger partial charge on any atom is -0.490 e. The zero-order valence-corrected chi connectivity index (χ0v) is 18.2. The van der Waals surface area contributed by atoms with Crippen LogP contribution < -0.4 is 15.4 Å². The van der Waals surface area contributed by atoms with Gasteiger partial charge in [-0.3, -0.25) is 4.79 Å². The van der Waals surface area contributed by atoms with Crippen molar-refractivity contribution in [2.45, 2.75) is 44.6 Å². The van der Waals surface area contributed by atoms with Crippen molar-refractivity contribution < 1.29 is 18.7 Å². The van der Waals surface area contributed by atoms with Gasteiger partial charge in [0.2, 0.25) is 0 Å². The molecule has 32 heavy (non-hydrogen) atoms. The lowest BCUT2D eigenvalue weighted by Crippen LogP contribution is -2.44. The van der Waals surface area contributed by atoms with Gasteiger partial charge in [0.05, 0.1) is 6.10 Å². The molecule has 2 aromatic carbocycles. The van der Waals surface area contributed by atoms with Gasteiger partial charge in [0.15, 0.2) is 0 Å². The molecule has 1 saturated heterocycles. The molecule has 1 atom stereocenters. The number of piperidine rings is 1. The van der Waals surface area contributed by atoms with Crippen molar-refractivity contribution in [3.05, 3.63) is 59.9 Å². The van der Waals surface area contributed by atoms with Crippen LogP contribution in [0.3, 0.4) is 0 Å². The van der Waals surface area contributed by atoms with Crippen LogP contribution >= 0.6 is 0 Å². The smallest absolute Gasteiger partial charge is 0.319 e. The Morgan fingerprint density at radius 3 is 2.56 bits per heavy atom. The van der Waals surface area contributed by atoms with Crippen molar-refractivity contribution in [2.24, 2.45) is 5.92 Å². The molecule has 0 aromatic heterocycles. The number of benzene rings is 2. The summed E-state index contributed by atoms with van der Waals surface area (Å²) in [5, 5.41) is 5.46. The summed E-state index contributed by atoms with van der Waals surface area (Å²) in [7, 11) is 0. The molecule has 1 heterocycles. The van der Waals surface area contributed by atoms with Crippen molar-refractivity contribution in [1.82, 2.24) is 10.2 Å². The first-order chi connectivity index (χ1) is 15.6. The first-order valence-corrected chi connectivity index (χ1v) is 11.4. The fourth-order valence-corrected chi connectivity index (χ4v) is 4.45. The number of rotatable bonds is 6. The van der Waals surface area contributed by atoms with Gasteiger partial charge in [-0.15, -0.1) is 0 Å². The molecule has 3 amide bonds. The predicted octanol–water partition coefficient (Wildman–Crippen LogP) is 4.82. The maximum absolute atomic E-state index is 13.2. The van der Waals surface area contributed by atoms with Crippen molar-refractivity contribution in [1.29, 1.82) is 0 Å². The number of carbonyl (C=O) groups excluding carboxylic acids is 2. The average Bonchev–Trinajstić information content (AvgIpc) is 3.31. The van der Waals surface area contributed by atoms with E-state index in [0.717, 1.165) is 31.4 Å². The Kier molecular flexibility index (Phi) is 7.24. The number of nitrogens with zero attached hydrogens (tertiary/aromatic N) is 1. The quantitative estimate of drug-likeness (QED) is 0.678. The van der Waals surface area contributed by atoms with E-state index in [4.69, 9.17) is 4.74 Å². The molecular weight excluding hydrogens is 409 g/mol. The van der Waals surface area contributed by atoms with Gasteiger partial charge in [-0.05, 0) is 86.9 Å². The van der Waals surface area contributed by atoms with Crippen LogP contribution in [0.4, 0.5) is 14.9 Å². The van der Waals surface area contributed by atoms with Crippen LogP contribution in [0.5, 0.6) is 5.75 Å². The Bertz CT molecular complexity index is 928. The summed E-state index contributed by atoms with van der Waals surface area (Å²) < 4.78 is 19.2. The SMILES string of the molecule is O=C(NC[C@@H]1CCCN(C(=O)c2ccc(OC3CCCC3)cc2)C1)Nc1cccc(F)c1. The van der Waals surface area contributed by atoms with E-state index in [1.807, 2.05) is 29.2 Å². The number of urea groups is 1. The lowest BCUT2D eigenvalue weighted by atomic mass is 9.97. The van der Waals surface area contributed by atoms with E-state index in [2.05, 4.69) is 10.6 Å². The molecule has 1 aliphatic carbocycles. The molecule has 0 spiro atoms. The summed E-state index contributed by atoms with van der Waals surface area (Å²) in [4.78, 5) is 26.9. The van der Waals surface area contributed by atoms with Gasteiger partial charge >= 0.3 is 6.03 Å². The molecule has 0 unspecified atom stereocenters.